The second-order valence-corrected chi connectivity index (χ2v) is 4.82. The molecule has 0 saturated heterocycles. The third-order valence-electron chi connectivity index (χ3n) is 2.59. The molecule has 0 aliphatic rings. The fourth-order valence-corrected chi connectivity index (χ4v) is 2.19. The minimum atomic E-state index is -0.274. The zero-order valence-electron chi connectivity index (χ0n) is 10.8. The molecule has 0 aliphatic carbocycles. The number of carbonyl (C=O) groups is 1. The van der Waals surface area contributed by atoms with Gasteiger partial charge < -0.3 is 9.26 Å². The molecule has 0 amide bonds. The second-order valence-electron chi connectivity index (χ2n) is 3.87. The van der Waals surface area contributed by atoms with Crippen molar-refractivity contribution in [2.24, 2.45) is 0 Å². The van der Waals surface area contributed by atoms with Crippen molar-refractivity contribution in [2.75, 3.05) is 20.2 Å². The smallest absolute Gasteiger partial charge is 0.319 e. The molecule has 0 atom stereocenters. The summed E-state index contributed by atoms with van der Waals surface area (Å²) >= 11 is 1.54. The first-order valence-corrected chi connectivity index (χ1v) is 6.76. The van der Waals surface area contributed by atoms with E-state index in [-0.39, 0.29) is 12.5 Å². The number of methoxy groups -OCH3 is 1. The number of likely N-dealkylation sites (N-methyl/N-ethyl adjacent to an activating group) is 1. The van der Waals surface area contributed by atoms with Crippen molar-refractivity contribution in [3.63, 3.8) is 0 Å². The van der Waals surface area contributed by atoms with Gasteiger partial charge in [0.1, 0.15) is 0 Å². The quantitative estimate of drug-likeness (QED) is 0.752. The Morgan fingerprint density at radius 1 is 1.58 bits per heavy atom. The van der Waals surface area contributed by atoms with Crippen LogP contribution < -0.4 is 0 Å². The van der Waals surface area contributed by atoms with Gasteiger partial charge in [-0.2, -0.15) is 4.98 Å². The first-order chi connectivity index (χ1) is 9.22. The van der Waals surface area contributed by atoms with Gasteiger partial charge in [-0.3, -0.25) is 9.69 Å². The lowest BCUT2D eigenvalue weighted by atomic mass is 10.4. The lowest BCUT2D eigenvalue weighted by Crippen LogP contribution is -2.30. The number of rotatable bonds is 6. The maximum Gasteiger partial charge on any atom is 0.319 e. The molecular formula is C12H15N3O3S. The van der Waals surface area contributed by atoms with Gasteiger partial charge in [-0.1, -0.05) is 18.1 Å². The van der Waals surface area contributed by atoms with Crippen molar-refractivity contribution in [3.8, 4) is 10.8 Å². The summed E-state index contributed by atoms with van der Waals surface area (Å²) in [6.07, 6.45) is 0. The number of ether oxygens (including phenoxy) is 1. The van der Waals surface area contributed by atoms with Gasteiger partial charge in [-0.05, 0) is 18.0 Å². The van der Waals surface area contributed by atoms with Gasteiger partial charge in [-0.15, -0.1) is 11.3 Å². The van der Waals surface area contributed by atoms with Crippen LogP contribution in [0.4, 0.5) is 0 Å². The number of thiophene rings is 1. The number of esters is 1. The molecule has 0 unspecified atom stereocenters. The largest absolute Gasteiger partial charge is 0.468 e. The second kappa shape index (κ2) is 6.44. The van der Waals surface area contributed by atoms with Crippen LogP contribution in [0.1, 0.15) is 12.7 Å². The van der Waals surface area contributed by atoms with Crippen LogP contribution in [0.2, 0.25) is 0 Å². The Morgan fingerprint density at radius 3 is 3.05 bits per heavy atom. The van der Waals surface area contributed by atoms with E-state index < -0.39 is 0 Å². The van der Waals surface area contributed by atoms with Gasteiger partial charge in [0.2, 0.25) is 0 Å². The zero-order chi connectivity index (χ0) is 13.7. The Morgan fingerprint density at radius 2 is 2.42 bits per heavy atom. The molecule has 0 fully saturated rings. The van der Waals surface area contributed by atoms with Crippen LogP contribution in [0.25, 0.3) is 10.8 Å². The average Bonchev–Trinajstić information content (AvgIpc) is 3.08. The predicted octanol–water partition coefficient (Wildman–Crippen LogP) is 1.79. The monoisotopic (exact) mass is 281 g/mol. The SMILES string of the molecule is CCN(CC(=O)OC)Cc1noc(-c2cccs2)n1. The third kappa shape index (κ3) is 3.62. The maximum atomic E-state index is 11.2. The molecule has 0 aliphatic heterocycles. The highest BCUT2D eigenvalue weighted by molar-refractivity contribution is 7.13. The van der Waals surface area contributed by atoms with Crippen LogP contribution >= 0.6 is 11.3 Å². The summed E-state index contributed by atoms with van der Waals surface area (Å²) in [6.45, 7) is 3.34. The first-order valence-electron chi connectivity index (χ1n) is 5.88. The average molecular weight is 281 g/mol. The van der Waals surface area contributed by atoms with E-state index in [1.165, 1.54) is 7.11 Å². The summed E-state index contributed by atoms with van der Waals surface area (Å²) < 4.78 is 9.83. The molecule has 2 rings (SSSR count). The molecule has 0 bridgehead atoms. The molecule has 2 aromatic rings. The summed E-state index contributed by atoms with van der Waals surface area (Å²) in [5.41, 5.74) is 0. The molecule has 0 radical (unpaired) electrons. The molecular weight excluding hydrogens is 266 g/mol. The van der Waals surface area contributed by atoms with Crippen molar-refractivity contribution in [3.05, 3.63) is 23.3 Å². The standard InChI is InChI=1S/C12H15N3O3S/c1-3-15(8-11(16)17-2)7-10-13-12(18-14-10)9-5-4-6-19-9/h4-6H,3,7-8H2,1-2H3. The van der Waals surface area contributed by atoms with Gasteiger partial charge in [0.15, 0.2) is 5.82 Å². The Hall–Kier alpha value is -1.73. The molecule has 0 spiro atoms. The normalized spacial score (nSPS) is 10.9. The Balaban J connectivity index is 2.00. The topological polar surface area (TPSA) is 68.5 Å². The summed E-state index contributed by atoms with van der Waals surface area (Å²) in [5.74, 6) is 0.803. The lowest BCUT2D eigenvalue weighted by Gasteiger charge is -2.16. The van der Waals surface area contributed by atoms with Crippen LogP contribution in [-0.4, -0.2) is 41.2 Å². The Kier molecular flexibility index (Phi) is 4.64. The van der Waals surface area contributed by atoms with E-state index in [9.17, 15) is 4.79 Å². The fraction of sp³-hybridized carbons (Fsp3) is 0.417. The van der Waals surface area contributed by atoms with Gasteiger partial charge in [0.25, 0.3) is 5.89 Å². The van der Waals surface area contributed by atoms with Crippen molar-refractivity contribution in [1.29, 1.82) is 0 Å². The zero-order valence-corrected chi connectivity index (χ0v) is 11.6. The molecule has 19 heavy (non-hydrogen) atoms. The fourth-order valence-electron chi connectivity index (χ4n) is 1.55. The Labute approximate surface area is 115 Å². The van der Waals surface area contributed by atoms with E-state index in [1.54, 1.807) is 11.3 Å². The highest BCUT2D eigenvalue weighted by atomic mass is 32.1. The van der Waals surface area contributed by atoms with Crippen molar-refractivity contribution < 1.29 is 14.1 Å². The van der Waals surface area contributed by atoms with Gasteiger partial charge in [0, 0.05) is 0 Å². The van der Waals surface area contributed by atoms with Crippen LogP contribution in [0.5, 0.6) is 0 Å². The lowest BCUT2D eigenvalue weighted by molar-refractivity contribution is -0.142. The predicted molar refractivity (Wildman–Crippen MR) is 70.6 cm³/mol. The van der Waals surface area contributed by atoms with Crippen LogP contribution in [0, 0.1) is 0 Å². The third-order valence-corrected chi connectivity index (χ3v) is 3.45. The van der Waals surface area contributed by atoms with E-state index in [1.807, 2.05) is 29.3 Å². The minimum Gasteiger partial charge on any atom is -0.468 e. The van der Waals surface area contributed by atoms with E-state index in [0.29, 0.717) is 24.8 Å². The molecule has 2 aromatic heterocycles. The number of carbonyl (C=O) groups excluding carboxylic acids is 1. The summed E-state index contributed by atoms with van der Waals surface area (Å²) in [7, 11) is 1.37. The molecule has 0 N–H and O–H groups in total. The van der Waals surface area contributed by atoms with Gasteiger partial charge >= 0.3 is 5.97 Å². The number of nitrogens with zero attached hydrogens (tertiary/aromatic N) is 3. The highest BCUT2D eigenvalue weighted by Gasteiger charge is 2.14. The number of aromatic nitrogens is 2. The molecule has 2 heterocycles. The van der Waals surface area contributed by atoms with Crippen LogP contribution in [0.3, 0.4) is 0 Å². The van der Waals surface area contributed by atoms with E-state index in [2.05, 4.69) is 14.9 Å². The summed E-state index contributed by atoms with van der Waals surface area (Å²) in [4.78, 5) is 18.4. The van der Waals surface area contributed by atoms with E-state index in [0.717, 1.165) is 4.88 Å². The Bertz CT molecular complexity index is 524. The van der Waals surface area contributed by atoms with Gasteiger partial charge in [0.05, 0.1) is 25.1 Å². The molecule has 0 saturated carbocycles. The van der Waals surface area contributed by atoms with Crippen molar-refractivity contribution in [1.82, 2.24) is 15.0 Å². The maximum absolute atomic E-state index is 11.2. The van der Waals surface area contributed by atoms with Crippen LogP contribution in [-0.2, 0) is 16.1 Å². The first kappa shape index (κ1) is 13.7. The van der Waals surface area contributed by atoms with E-state index >= 15 is 0 Å². The molecule has 7 heteroatoms. The van der Waals surface area contributed by atoms with Gasteiger partial charge in [-0.25, -0.2) is 0 Å². The number of hydrogen-bond donors (Lipinski definition) is 0. The van der Waals surface area contributed by atoms with Crippen molar-refractivity contribution in [2.45, 2.75) is 13.5 Å². The summed E-state index contributed by atoms with van der Waals surface area (Å²) in [6, 6.07) is 3.85. The van der Waals surface area contributed by atoms with Crippen LogP contribution in [0.15, 0.2) is 22.0 Å². The van der Waals surface area contributed by atoms with E-state index in [4.69, 9.17) is 4.52 Å². The molecule has 102 valence electrons. The minimum absolute atomic E-state index is 0.218. The summed E-state index contributed by atoms with van der Waals surface area (Å²) in [5, 5.41) is 5.87. The molecule has 0 aromatic carbocycles. The van der Waals surface area contributed by atoms with Crippen molar-refractivity contribution >= 4 is 17.3 Å². The number of hydrogen-bond acceptors (Lipinski definition) is 7. The molecule has 6 nitrogen and oxygen atoms in total. The highest BCUT2D eigenvalue weighted by Crippen LogP contribution is 2.22.